The van der Waals surface area contributed by atoms with E-state index in [9.17, 15) is 14.0 Å². The summed E-state index contributed by atoms with van der Waals surface area (Å²) >= 11 is 0. The van der Waals surface area contributed by atoms with Gasteiger partial charge in [0.1, 0.15) is 0 Å². The van der Waals surface area contributed by atoms with E-state index in [2.05, 4.69) is 10.6 Å². The van der Waals surface area contributed by atoms with Crippen LogP contribution in [0.1, 0.15) is 57.4 Å². The molecule has 1 fully saturated rings. The number of halogens is 1. The van der Waals surface area contributed by atoms with E-state index in [1.807, 2.05) is 6.92 Å². The van der Waals surface area contributed by atoms with Crippen LogP contribution < -0.4 is 15.4 Å². The third kappa shape index (κ3) is 7.02. The van der Waals surface area contributed by atoms with Gasteiger partial charge < -0.3 is 20.3 Å². The number of nitrogens with one attached hydrogen (secondary N) is 2. The van der Waals surface area contributed by atoms with E-state index in [4.69, 9.17) is 4.74 Å². The highest BCUT2D eigenvalue weighted by atomic mass is 19.1. The minimum atomic E-state index is -0.434. The smallest absolute Gasteiger partial charge is 0.315 e. The second-order valence-electron chi connectivity index (χ2n) is 7.22. The Labute approximate surface area is 166 Å². The zero-order chi connectivity index (χ0) is 20.4. The third-order valence-electron chi connectivity index (χ3n) is 5.12. The normalized spacial score (nSPS) is 14.4. The molecule has 1 aliphatic carbocycles. The van der Waals surface area contributed by atoms with Gasteiger partial charge in [0.15, 0.2) is 11.6 Å². The topological polar surface area (TPSA) is 70.7 Å². The summed E-state index contributed by atoms with van der Waals surface area (Å²) in [5.74, 6) is -0.249. The van der Waals surface area contributed by atoms with Crippen molar-refractivity contribution in [3.8, 4) is 5.75 Å². The Hall–Kier alpha value is -2.31. The first-order valence-electron chi connectivity index (χ1n) is 10.2. The maximum atomic E-state index is 13.8. The van der Waals surface area contributed by atoms with E-state index in [0.717, 1.165) is 18.4 Å². The standard InChI is InChI=1S/C21H32FN3O3/c1-3-25(15-16-11-12-19(28-2)18(22)14-16)20(26)10-7-13-23-21(27)24-17-8-5-4-6-9-17/h11-12,14,17H,3-10,13,15H2,1-2H3,(H2,23,24,27). The van der Waals surface area contributed by atoms with Crippen molar-refractivity contribution in [3.63, 3.8) is 0 Å². The molecule has 0 spiro atoms. The predicted octanol–water partition coefficient (Wildman–Crippen LogP) is 3.59. The van der Waals surface area contributed by atoms with Crippen LogP contribution in [-0.2, 0) is 11.3 Å². The van der Waals surface area contributed by atoms with Crippen LogP contribution in [0.4, 0.5) is 9.18 Å². The van der Waals surface area contributed by atoms with Crippen molar-refractivity contribution in [1.82, 2.24) is 15.5 Å². The summed E-state index contributed by atoms with van der Waals surface area (Å²) in [6.45, 7) is 3.25. The van der Waals surface area contributed by atoms with Gasteiger partial charge in [0, 0.05) is 32.1 Å². The number of nitrogens with zero attached hydrogens (tertiary/aromatic N) is 1. The Morgan fingerprint density at radius 2 is 2.00 bits per heavy atom. The van der Waals surface area contributed by atoms with Gasteiger partial charge >= 0.3 is 6.03 Å². The van der Waals surface area contributed by atoms with Gasteiger partial charge in [-0.1, -0.05) is 25.3 Å². The van der Waals surface area contributed by atoms with Gasteiger partial charge in [0.2, 0.25) is 5.91 Å². The first-order chi connectivity index (χ1) is 13.5. The summed E-state index contributed by atoms with van der Waals surface area (Å²) in [6.07, 6.45) is 6.60. The zero-order valence-corrected chi connectivity index (χ0v) is 16.9. The molecule has 0 bridgehead atoms. The highest BCUT2D eigenvalue weighted by molar-refractivity contribution is 5.76. The lowest BCUT2D eigenvalue weighted by Gasteiger charge is -2.23. The maximum Gasteiger partial charge on any atom is 0.315 e. The molecule has 1 saturated carbocycles. The number of urea groups is 1. The molecule has 2 rings (SSSR count). The fraction of sp³-hybridized carbons (Fsp3) is 0.619. The Bertz CT molecular complexity index is 648. The molecule has 1 aromatic rings. The molecule has 7 heteroatoms. The molecule has 0 aliphatic heterocycles. The van der Waals surface area contributed by atoms with Crippen molar-refractivity contribution in [2.75, 3.05) is 20.2 Å². The third-order valence-corrected chi connectivity index (χ3v) is 5.12. The molecule has 6 nitrogen and oxygen atoms in total. The molecule has 1 aromatic carbocycles. The lowest BCUT2D eigenvalue weighted by Crippen LogP contribution is -2.43. The number of carbonyl (C=O) groups is 2. The Balaban J connectivity index is 1.70. The first kappa shape index (κ1) is 22.0. The number of amides is 3. The van der Waals surface area contributed by atoms with Crippen LogP contribution in [0.5, 0.6) is 5.75 Å². The van der Waals surface area contributed by atoms with E-state index in [1.54, 1.807) is 17.0 Å². The summed E-state index contributed by atoms with van der Waals surface area (Å²) in [4.78, 5) is 26.0. The highest BCUT2D eigenvalue weighted by Crippen LogP contribution is 2.19. The van der Waals surface area contributed by atoms with Gasteiger partial charge in [-0.15, -0.1) is 0 Å². The van der Waals surface area contributed by atoms with Crippen molar-refractivity contribution in [2.24, 2.45) is 0 Å². The quantitative estimate of drug-likeness (QED) is 0.630. The van der Waals surface area contributed by atoms with E-state index >= 15 is 0 Å². The van der Waals surface area contributed by atoms with Gasteiger partial charge in [-0.05, 0) is 43.9 Å². The highest BCUT2D eigenvalue weighted by Gasteiger charge is 2.16. The number of carbonyl (C=O) groups excluding carboxylic acids is 2. The summed E-state index contributed by atoms with van der Waals surface area (Å²) in [5, 5.41) is 5.82. The van der Waals surface area contributed by atoms with Crippen LogP contribution in [-0.4, -0.2) is 43.1 Å². The molecule has 0 aromatic heterocycles. The van der Waals surface area contributed by atoms with Crippen molar-refractivity contribution in [2.45, 2.75) is 64.5 Å². The van der Waals surface area contributed by atoms with Gasteiger partial charge in [-0.2, -0.15) is 0 Å². The minimum Gasteiger partial charge on any atom is -0.494 e. The zero-order valence-electron chi connectivity index (χ0n) is 16.9. The SMILES string of the molecule is CCN(Cc1ccc(OC)c(F)c1)C(=O)CCCNC(=O)NC1CCCCC1. The molecule has 0 atom stereocenters. The molecular weight excluding hydrogens is 361 g/mol. The molecular formula is C21H32FN3O3. The Morgan fingerprint density at radius 1 is 1.25 bits per heavy atom. The molecule has 0 unspecified atom stereocenters. The van der Waals surface area contributed by atoms with Crippen LogP contribution in [0, 0.1) is 5.82 Å². The Kier molecular flexibility index (Phi) is 9.04. The van der Waals surface area contributed by atoms with Crippen LogP contribution in [0.2, 0.25) is 0 Å². The van der Waals surface area contributed by atoms with E-state index in [0.29, 0.717) is 32.5 Å². The summed E-state index contributed by atoms with van der Waals surface area (Å²) in [5.41, 5.74) is 0.721. The summed E-state index contributed by atoms with van der Waals surface area (Å²) < 4.78 is 18.7. The van der Waals surface area contributed by atoms with Crippen molar-refractivity contribution >= 4 is 11.9 Å². The predicted molar refractivity (Wildman–Crippen MR) is 107 cm³/mol. The van der Waals surface area contributed by atoms with Gasteiger partial charge in [0.05, 0.1) is 7.11 Å². The second-order valence-corrected chi connectivity index (χ2v) is 7.22. The average molecular weight is 394 g/mol. The lowest BCUT2D eigenvalue weighted by molar-refractivity contribution is -0.131. The molecule has 156 valence electrons. The first-order valence-corrected chi connectivity index (χ1v) is 10.2. The fourth-order valence-corrected chi connectivity index (χ4v) is 3.49. The number of benzene rings is 1. The summed E-state index contributed by atoms with van der Waals surface area (Å²) in [7, 11) is 1.42. The van der Waals surface area contributed by atoms with E-state index in [1.165, 1.54) is 32.4 Å². The molecule has 28 heavy (non-hydrogen) atoms. The average Bonchev–Trinajstić information content (AvgIpc) is 2.70. The lowest BCUT2D eigenvalue weighted by atomic mass is 9.96. The van der Waals surface area contributed by atoms with Crippen molar-refractivity contribution < 1.29 is 18.7 Å². The van der Waals surface area contributed by atoms with Gasteiger partial charge in [0.25, 0.3) is 0 Å². The number of rotatable bonds is 9. The van der Waals surface area contributed by atoms with Crippen molar-refractivity contribution in [3.05, 3.63) is 29.6 Å². The van der Waals surface area contributed by atoms with Crippen molar-refractivity contribution in [1.29, 1.82) is 0 Å². The molecule has 0 saturated heterocycles. The second kappa shape index (κ2) is 11.5. The summed E-state index contributed by atoms with van der Waals surface area (Å²) in [6, 6.07) is 4.84. The fourth-order valence-electron chi connectivity index (χ4n) is 3.49. The maximum absolute atomic E-state index is 13.8. The monoisotopic (exact) mass is 393 g/mol. The van der Waals surface area contributed by atoms with Crippen LogP contribution in [0.15, 0.2) is 18.2 Å². The molecule has 0 heterocycles. The van der Waals surface area contributed by atoms with Gasteiger partial charge in [-0.25, -0.2) is 9.18 Å². The largest absolute Gasteiger partial charge is 0.494 e. The molecule has 3 amide bonds. The van der Waals surface area contributed by atoms with Crippen LogP contribution in [0.3, 0.4) is 0 Å². The molecule has 1 aliphatic rings. The van der Waals surface area contributed by atoms with Crippen LogP contribution >= 0.6 is 0 Å². The molecule has 2 N–H and O–H groups in total. The van der Waals surface area contributed by atoms with E-state index < -0.39 is 5.82 Å². The van der Waals surface area contributed by atoms with Gasteiger partial charge in [-0.3, -0.25) is 4.79 Å². The number of hydrogen-bond donors (Lipinski definition) is 2. The van der Waals surface area contributed by atoms with Crippen LogP contribution in [0.25, 0.3) is 0 Å². The number of hydrogen-bond acceptors (Lipinski definition) is 3. The minimum absolute atomic E-state index is 0.00628. The number of methoxy groups -OCH3 is 1. The molecule has 0 radical (unpaired) electrons. The number of ether oxygens (including phenoxy) is 1. The van der Waals surface area contributed by atoms with E-state index in [-0.39, 0.29) is 23.7 Å². The Morgan fingerprint density at radius 3 is 2.64 bits per heavy atom.